The van der Waals surface area contributed by atoms with Crippen molar-refractivity contribution in [2.24, 2.45) is 0 Å². The van der Waals surface area contributed by atoms with Crippen molar-refractivity contribution in [3.8, 4) is 0 Å². The molecule has 0 saturated heterocycles. The minimum absolute atomic E-state index is 0.0210. The van der Waals surface area contributed by atoms with Crippen molar-refractivity contribution in [1.29, 1.82) is 0 Å². The van der Waals surface area contributed by atoms with Crippen molar-refractivity contribution in [3.63, 3.8) is 0 Å². The Hall–Kier alpha value is -3.53. The molecule has 36 heavy (non-hydrogen) atoms. The van der Waals surface area contributed by atoms with E-state index in [-0.39, 0.29) is 46.5 Å². The second-order valence-electron chi connectivity index (χ2n) is 9.58. The van der Waals surface area contributed by atoms with Gasteiger partial charge in [-0.2, -0.15) is 0 Å². The molecule has 6 rings (SSSR count). The van der Waals surface area contributed by atoms with Gasteiger partial charge in [-0.15, -0.1) is 0 Å². The number of non-ortho nitro benzene ring substituents is 1. The number of anilines is 1. The minimum atomic E-state index is -3.84. The lowest BCUT2D eigenvalue weighted by Crippen LogP contribution is -2.44. The largest absolute Gasteiger partial charge is 0.380 e. The quantitative estimate of drug-likeness (QED) is 0.309. The zero-order chi connectivity index (χ0) is 25.0. The highest BCUT2D eigenvalue weighted by atomic mass is 32.2. The van der Waals surface area contributed by atoms with E-state index in [9.17, 15) is 18.5 Å². The van der Waals surface area contributed by atoms with E-state index < -0.39 is 10.0 Å². The van der Waals surface area contributed by atoms with E-state index in [0.29, 0.717) is 6.42 Å². The minimum Gasteiger partial charge on any atom is -0.380 e. The SMILES string of the molecule is Cc1ccc(S(=O)(=O)N2CC3=C(CO2)C[C@H]2c4cc([N+](=O)[O-])ccc4N[C@H]2C3c2ccccc2)cc1. The second kappa shape index (κ2) is 8.55. The molecule has 3 aromatic carbocycles. The van der Waals surface area contributed by atoms with Gasteiger partial charge in [-0.25, -0.2) is 8.42 Å². The van der Waals surface area contributed by atoms with Gasteiger partial charge >= 0.3 is 0 Å². The van der Waals surface area contributed by atoms with Crippen molar-refractivity contribution in [2.45, 2.75) is 36.1 Å². The molecule has 8 nitrogen and oxygen atoms in total. The lowest BCUT2D eigenvalue weighted by atomic mass is 9.69. The summed E-state index contributed by atoms with van der Waals surface area (Å²) in [6, 6.07) is 21.7. The fraction of sp³-hybridized carbons (Fsp3) is 0.259. The molecule has 2 aliphatic heterocycles. The maximum Gasteiger partial charge on any atom is 0.269 e. The first-order chi connectivity index (χ1) is 17.3. The molecule has 3 aromatic rings. The van der Waals surface area contributed by atoms with Crippen molar-refractivity contribution >= 4 is 21.4 Å². The normalized spacial score (nSPS) is 23.4. The number of sulfonamides is 1. The van der Waals surface area contributed by atoms with Crippen molar-refractivity contribution in [1.82, 2.24) is 4.47 Å². The van der Waals surface area contributed by atoms with Gasteiger partial charge in [-0.1, -0.05) is 52.5 Å². The van der Waals surface area contributed by atoms with E-state index in [1.807, 2.05) is 25.1 Å². The van der Waals surface area contributed by atoms with Crippen LogP contribution in [-0.2, 0) is 14.9 Å². The molecule has 0 aromatic heterocycles. The van der Waals surface area contributed by atoms with E-state index in [1.54, 1.807) is 36.4 Å². The highest BCUT2D eigenvalue weighted by Crippen LogP contribution is 2.53. The summed E-state index contributed by atoms with van der Waals surface area (Å²) >= 11 is 0. The van der Waals surface area contributed by atoms with Crippen LogP contribution in [0.25, 0.3) is 0 Å². The smallest absolute Gasteiger partial charge is 0.269 e. The predicted octanol–water partition coefficient (Wildman–Crippen LogP) is 4.90. The molecular weight excluding hydrogens is 478 g/mol. The van der Waals surface area contributed by atoms with E-state index in [2.05, 4.69) is 17.4 Å². The van der Waals surface area contributed by atoms with Gasteiger partial charge in [-0.3, -0.25) is 15.0 Å². The summed E-state index contributed by atoms with van der Waals surface area (Å²) in [5, 5.41) is 15.0. The standard InChI is InChI=1S/C27H25N3O5S/c1-17-7-10-21(11-8-17)36(33,34)29-15-24-19(16-35-29)13-23-22-14-20(30(31)32)9-12-25(22)28-27(23)26(24)18-5-3-2-4-6-18/h2-12,14,23,26-28H,13,15-16H2,1H3/t23-,26?,27+/m0/s1. The van der Waals surface area contributed by atoms with Crippen molar-refractivity contribution < 1.29 is 18.2 Å². The number of benzene rings is 3. The van der Waals surface area contributed by atoms with Gasteiger partial charge in [0.2, 0.25) is 0 Å². The van der Waals surface area contributed by atoms with Crippen molar-refractivity contribution in [2.75, 3.05) is 18.5 Å². The molecule has 1 N–H and O–H groups in total. The number of hydrogen-bond donors (Lipinski definition) is 1. The fourth-order valence-electron chi connectivity index (χ4n) is 5.71. The Balaban J connectivity index is 1.40. The van der Waals surface area contributed by atoms with E-state index in [1.165, 1.54) is 6.07 Å². The van der Waals surface area contributed by atoms with Gasteiger partial charge in [0.25, 0.3) is 15.7 Å². The summed E-state index contributed by atoms with van der Waals surface area (Å²) in [5.74, 6) is -0.0845. The number of hydroxylamine groups is 1. The Labute approximate surface area is 209 Å². The first-order valence-corrected chi connectivity index (χ1v) is 13.3. The van der Waals surface area contributed by atoms with Crippen LogP contribution in [0.2, 0.25) is 0 Å². The Morgan fingerprint density at radius 3 is 2.53 bits per heavy atom. The van der Waals surface area contributed by atoms with E-state index in [0.717, 1.165) is 38.0 Å². The highest BCUT2D eigenvalue weighted by molar-refractivity contribution is 7.89. The Morgan fingerprint density at radius 1 is 1.06 bits per heavy atom. The number of nitrogens with one attached hydrogen (secondary N) is 1. The maximum atomic E-state index is 13.4. The van der Waals surface area contributed by atoms with Crippen LogP contribution in [0.15, 0.2) is 88.8 Å². The lowest BCUT2D eigenvalue weighted by molar-refractivity contribution is -0.384. The molecule has 0 amide bonds. The van der Waals surface area contributed by atoms with Gasteiger partial charge in [0, 0.05) is 35.7 Å². The summed E-state index contributed by atoms with van der Waals surface area (Å²) in [5.41, 5.74) is 6.03. The molecule has 0 bridgehead atoms. The average molecular weight is 504 g/mol. The monoisotopic (exact) mass is 503 g/mol. The molecule has 3 aliphatic rings. The van der Waals surface area contributed by atoms with E-state index in [4.69, 9.17) is 4.84 Å². The number of aryl methyl sites for hydroxylation is 1. The molecule has 0 radical (unpaired) electrons. The molecule has 2 heterocycles. The Morgan fingerprint density at radius 2 is 1.81 bits per heavy atom. The third-order valence-electron chi connectivity index (χ3n) is 7.48. The molecular formula is C27H25N3O5S. The maximum absolute atomic E-state index is 13.4. The molecule has 0 spiro atoms. The summed E-state index contributed by atoms with van der Waals surface area (Å²) in [7, 11) is -3.84. The highest BCUT2D eigenvalue weighted by Gasteiger charge is 2.47. The first kappa shape index (κ1) is 22.9. The summed E-state index contributed by atoms with van der Waals surface area (Å²) in [6.07, 6.45) is 0.656. The van der Waals surface area contributed by atoms with Crippen LogP contribution >= 0.6 is 0 Å². The third kappa shape index (κ3) is 3.71. The van der Waals surface area contributed by atoms with Crippen LogP contribution in [0, 0.1) is 17.0 Å². The molecule has 0 saturated carbocycles. The molecule has 1 aliphatic carbocycles. The summed E-state index contributed by atoms with van der Waals surface area (Å²) in [6.45, 7) is 2.21. The number of rotatable bonds is 4. The zero-order valence-corrected chi connectivity index (χ0v) is 20.4. The topological polar surface area (TPSA) is 102 Å². The number of hydrogen-bond acceptors (Lipinski definition) is 6. The first-order valence-electron chi connectivity index (χ1n) is 11.9. The van der Waals surface area contributed by atoms with Crippen LogP contribution in [0.4, 0.5) is 11.4 Å². The van der Waals surface area contributed by atoms with Gasteiger partial charge in [-0.05, 0) is 53.8 Å². The summed E-state index contributed by atoms with van der Waals surface area (Å²) in [4.78, 5) is 17.1. The number of nitro benzene ring substituents is 1. The van der Waals surface area contributed by atoms with Gasteiger partial charge < -0.3 is 5.32 Å². The fourth-order valence-corrected chi connectivity index (χ4v) is 6.92. The lowest BCUT2D eigenvalue weighted by Gasteiger charge is -2.42. The predicted molar refractivity (Wildman–Crippen MR) is 135 cm³/mol. The van der Waals surface area contributed by atoms with Crippen molar-refractivity contribution in [3.05, 3.63) is 111 Å². The second-order valence-corrected chi connectivity index (χ2v) is 11.4. The van der Waals surface area contributed by atoms with Crippen LogP contribution < -0.4 is 5.32 Å². The van der Waals surface area contributed by atoms with Gasteiger partial charge in [0.05, 0.1) is 23.0 Å². The summed E-state index contributed by atoms with van der Waals surface area (Å²) < 4.78 is 28.0. The van der Waals surface area contributed by atoms with Gasteiger partial charge in [0.1, 0.15) is 0 Å². The van der Waals surface area contributed by atoms with Gasteiger partial charge in [0.15, 0.2) is 0 Å². The zero-order valence-electron chi connectivity index (χ0n) is 19.6. The van der Waals surface area contributed by atoms with Crippen LogP contribution in [-0.4, -0.2) is 37.0 Å². The molecule has 0 fully saturated rings. The van der Waals surface area contributed by atoms with E-state index >= 15 is 0 Å². The molecule has 3 atom stereocenters. The molecule has 1 unspecified atom stereocenters. The number of nitrogens with zero attached hydrogens (tertiary/aromatic N) is 2. The molecule has 184 valence electrons. The Bertz CT molecular complexity index is 1490. The van der Waals surface area contributed by atoms with Crippen LogP contribution in [0.5, 0.6) is 0 Å². The Kier molecular flexibility index (Phi) is 5.44. The number of nitro groups is 1. The average Bonchev–Trinajstić information content (AvgIpc) is 3.25. The van der Waals surface area contributed by atoms with Crippen LogP contribution in [0.1, 0.15) is 34.9 Å². The molecule has 9 heteroatoms. The number of fused-ring (bicyclic) bond motifs is 3. The van der Waals surface area contributed by atoms with Crippen LogP contribution in [0.3, 0.4) is 0 Å². The third-order valence-corrected chi connectivity index (χ3v) is 9.12.